The molecule has 3 aromatic rings. The van der Waals surface area contributed by atoms with Crippen LogP contribution in [0.2, 0.25) is 0 Å². The lowest BCUT2D eigenvalue weighted by Gasteiger charge is -2.21. The molecule has 0 N–H and O–H groups in total. The van der Waals surface area contributed by atoms with Gasteiger partial charge in [-0.25, -0.2) is 13.4 Å². The lowest BCUT2D eigenvalue weighted by molar-refractivity contribution is 0.263. The van der Waals surface area contributed by atoms with E-state index in [1.54, 1.807) is 10.9 Å². The molecular weight excluding hydrogens is 398 g/mol. The second kappa shape index (κ2) is 9.57. The van der Waals surface area contributed by atoms with Gasteiger partial charge in [-0.3, -0.25) is 9.58 Å². The van der Waals surface area contributed by atoms with E-state index >= 15 is 0 Å². The smallest absolute Gasteiger partial charge is 0.228 e. The van der Waals surface area contributed by atoms with Crippen molar-refractivity contribution in [3.63, 3.8) is 0 Å². The maximum Gasteiger partial charge on any atom is 0.228 e. The third-order valence-corrected chi connectivity index (χ3v) is 6.90. The highest BCUT2D eigenvalue weighted by molar-refractivity contribution is 7.91. The molecule has 2 heterocycles. The molecule has 0 aliphatic carbocycles. The molecule has 0 unspecified atom stereocenters. The molecule has 0 radical (unpaired) electrons. The van der Waals surface area contributed by atoms with Crippen LogP contribution in [0, 0.1) is 5.92 Å². The van der Waals surface area contributed by atoms with Crippen LogP contribution in [0.15, 0.2) is 54.1 Å². The van der Waals surface area contributed by atoms with E-state index in [9.17, 15) is 8.42 Å². The number of aromatic nitrogens is 4. The molecule has 0 saturated heterocycles. The van der Waals surface area contributed by atoms with Gasteiger partial charge in [-0.1, -0.05) is 51.1 Å². The van der Waals surface area contributed by atoms with E-state index in [4.69, 9.17) is 0 Å². The van der Waals surface area contributed by atoms with Crippen LogP contribution in [-0.4, -0.2) is 44.9 Å². The van der Waals surface area contributed by atoms with Crippen LogP contribution in [0.5, 0.6) is 0 Å². The van der Waals surface area contributed by atoms with E-state index in [1.165, 1.54) is 0 Å². The normalized spacial score (nSPS) is 12.2. The summed E-state index contributed by atoms with van der Waals surface area (Å²) in [6.07, 6.45) is 5.58. The fourth-order valence-corrected chi connectivity index (χ4v) is 5.29. The zero-order chi connectivity index (χ0) is 21.7. The summed E-state index contributed by atoms with van der Waals surface area (Å²) in [6.45, 7) is 8.60. The molecule has 0 fully saturated rings. The van der Waals surface area contributed by atoms with Gasteiger partial charge in [0.25, 0.3) is 0 Å². The second-order valence-corrected chi connectivity index (χ2v) is 10.0. The van der Waals surface area contributed by atoms with Crippen molar-refractivity contribution in [1.29, 1.82) is 0 Å². The lowest BCUT2D eigenvalue weighted by Crippen LogP contribution is -2.25. The highest BCUT2D eigenvalue weighted by atomic mass is 32.2. The van der Waals surface area contributed by atoms with Crippen LogP contribution in [0.25, 0.3) is 0 Å². The van der Waals surface area contributed by atoms with Crippen molar-refractivity contribution in [3.05, 3.63) is 65.7 Å². The molecule has 2 aromatic heterocycles. The second-order valence-electron chi connectivity index (χ2n) is 8.10. The third-order valence-electron chi connectivity index (χ3n) is 4.91. The molecule has 162 valence electrons. The predicted octanol–water partition coefficient (Wildman–Crippen LogP) is 3.12. The molecule has 0 atom stereocenters. The standard InChI is InChI=1S/C22H31N5O2S/c1-5-26(14-20-11-24-25(4)13-20)16-21-12-23-22(30(28,29)17-18(2)3)27(21)15-19-9-7-6-8-10-19/h6-13,18H,5,14-17H2,1-4H3. The van der Waals surface area contributed by atoms with Crippen LogP contribution in [-0.2, 0) is 36.5 Å². The van der Waals surface area contributed by atoms with Gasteiger partial charge >= 0.3 is 0 Å². The minimum atomic E-state index is -3.47. The third kappa shape index (κ3) is 5.58. The zero-order valence-corrected chi connectivity index (χ0v) is 19.0. The fourth-order valence-electron chi connectivity index (χ4n) is 3.54. The van der Waals surface area contributed by atoms with E-state index in [1.807, 2.05) is 68.2 Å². The molecule has 0 aliphatic rings. The van der Waals surface area contributed by atoms with Gasteiger partial charge in [-0.05, 0) is 18.0 Å². The Bertz CT molecular complexity index is 1050. The summed E-state index contributed by atoms with van der Waals surface area (Å²) in [5, 5.41) is 4.40. The van der Waals surface area contributed by atoms with Gasteiger partial charge in [0.1, 0.15) is 0 Å². The minimum Gasteiger partial charge on any atom is -0.313 e. The first-order valence-corrected chi connectivity index (χ1v) is 11.9. The molecule has 3 rings (SSSR count). The Morgan fingerprint density at radius 1 is 1.07 bits per heavy atom. The van der Waals surface area contributed by atoms with Crippen molar-refractivity contribution in [2.45, 2.75) is 45.6 Å². The Balaban J connectivity index is 1.92. The highest BCUT2D eigenvalue weighted by Crippen LogP contribution is 2.20. The number of hydrogen-bond donors (Lipinski definition) is 0. The molecule has 8 heteroatoms. The number of imidazole rings is 1. The summed E-state index contributed by atoms with van der Waals surface area (Å²) in [6, 6.07) is 9.91. The summed E-state index contributed by atoms with van der Waals surface area (Å²) in [5.41, 5.74) is 3.07. The number of rotatable bonds is 10. The maximum atomic E-state index is 13.0. The number of nitrogens with zero attached hydrogens (tertiary/aromatic N) is 5. The monoisotopic (exact) mass is 429 g/mol. The Kier molecular flexibility index (Phi) is 7.10. The number of hydrogen-bond acceptors (Lipinski definition) is 5. The van der Waals surface area contributed by atoms with Gasteiger partial charge in [0.05, 0.1) is 30.4 Å². The summed E-state index contributed by atoms with van der Waals surface area (Å²) in [5.74, 6) is 0.129. The topological polar surface area (TPSA) is 73.0 Å². The van der Waals surface area contributed by atoms with Crippen LogP contribution in [0.1, 0.15) is 37.6 Å². The van der Waals surface area contributed by atoms with Gasteiger partial charge in [-0.15, -0.1) is 0 Å². The van der Waals surface area contributed by atoms with Crippen LogP contribution >= 0.6 is 0 Å². The van der Waals surface area contributed by atoms with Gasteiger partial charge in [0.15, 0.2) is 0 Å². The SMILES string of the molecule is CCN(Cc1cnn(C)c1)Cc1cnc(S(=O)(=O)CC(C)C)n1Cc1ccccc1. The minimum absolute atomic E-state index is 0.0399. The van der Waals surface area contributed by atoms with E-state index in [0.717, 1.165) is 29.9 Å². The molecule has 0 spiro atoms. The first kappa shape index (κ1) is 22.2. The van der Waals surface area contributed by atoms with Crippen molar-refractivity contribution in [2.75, 3.05) is 12.3 Å². The first-order chi connectivity index (χ1) is 14.3. The molecule has 1 aromatic carbocycles. The average Bonchev–Trinajstić information content (AvgIpc) is 3.27. The van der Waals surface area contributed by atoms with E-state index in [-0.39, 0.29) is 16.8 Å². The molecular formula is C22H31N5O2S. The Morgan fingerprint density at radius 2 is 1.80 bits per heavy atom. The number of sulfone groups is 1. The van der Waals surface area contributed by atoms with Crippen LogP contribution in [0.4, 0.5) is 0 Å². The highest BCUT2D eigenvalue weighted by Gasteiger charge is 2.25. The zero-order valence-electron chi connectivity index (χ0n) is 18.2. The summed E-state index contributed by atoms with van der Waals surface area (Å²) >= 11 is 0. The Hall–Kier alpha value is -2.45. The quantitative estimate of drug-likeness (QED) is 0.495. The molecule has 30 heavy (non-hydrogen) atoms. The van der Waals surface area contributed by atoms with Crippen molar-refractivity contribution in [2.24, 2.45) is 13.0 Å². The predicted molar refractivity (Wildman–Crippen MR) is 118 cm³/mol. The largest absolute Gasteiger partial charge is 0.313 e. The molecule has 0 amide bonds. The Morgan fingerprint density at radius 3 is 2.40 bits per heavy atom. The molecule has 0 bridgehead atoms. The molecule has 0 saturated carbocycles. The van der Waals surface area contributed by atoms with Crippen molar-refractivity contribution < 1.29 is 8.42 Å². The van der Waals surface area contributed by atoms with E-state index in [0.29, 0.717) is 13.1 Å². The van der Waals surface area contributed by atoms with Crippen LogP contribution in [0.3, 0.4) is 0 Å². The van der Waals surface area contributed by atoms with Crippen molar-refractivity contribution in [1.82, 2.24) is 24.2 Å². The fraction of sp³-hybridized carbons (Fsp3) is 0.455. The number of benzene rings is 1. The van der Waals surface area contributed by atoms with Gasteiger partial charge in [0, 0.05) is 31.9 Å². The Labute approximate surface area is 179 Å². The van der Waals surface area contributed by atoms with Gasteiger partial charge < -0.3 is 4.57 Å². The molecule has 7 nitrogen and oxygen atoms in total. The van der Waals surface area contributed by atoms with E-state index in [2.05, 4.69) is 21.9 Å². The van der Waals surface area contributed by atoms with Crippen molar-refractivity contribution >= 4 is 9.84 Å². The van der Waals surface area contributed by atoms with Gasteiger partial charge in [0.2, 0.25) is 15.0 Å². The number of aryl methyl sites for hydroxylation is 1. The summed E-state index contributed by atoms with van der Waals surface area (Å²) in [7, 11) is -1.56. The van der Waals surface area contributed by atoms with Crippen molar-refractivity contribution in [3.8, 4) is 0 Å². The summed E-state index contributed by atoms with van der Waals surface area (Å²) in [4.78, 5) is 6.63. The van der Waals surface area contributed by atoms with E-state index < -0.39 is 9.84 Å². The lowest BCUT2D eigenvalue weighted by atomic mass is 10.2. The first-order valence-electron chi connectivity index (χ1n) is 10.3. The molecule has 0 aliphatic heterocycles. The maximum absolute atomic E-state index is 13.0. The van der Waals surface area contributed by atoms with Crippen LogP contribution < -0.4 is 0 Å². The average molecular weight is 430 g/mol. The summed E-state index contributed by atoms with van der Waals surface area (Å²) < 4.78 is 29.7. The van der Waals surface area contributed by atoms with Gasteiger partial charge in [-0.2, -0.15) is 5.10 Å².